The third-order valence-corrected chi connectivity index (χ3v) is 4.67. The van der Waals surface area contributed by atoms with E-state index in [2.05, 4.69) is 69.2 Å². The number of aryl methyl sites for hydroxylation is 1. The number of benzene rings is 1. The Balaban J connectivity index is 1.66. The molecular weight excluding hydrogens is 312 g/mol. The molecule has 0 saturated carbocycles. The minimum Gasteiger partial charge on any atom is -0.350 e. The minimum atomic E-state index is 0.238. The fourth-order valence-electron chi connectivity index (χ4n) is 3.19. The monoisotopic (exact) mass is 340 g/mol. The van der Waals surface area contributed by atoms with E-state index in [0.29, 0.717) is 0 Å². The van der Waals surface area contributed by atoms with Gasteiger partial charge in [0.05, 0.1) is 12.6 Å². The average Bonchev–Trinajstić information content (AvgIpc) is 3.33. The lowest BCUT2D eigenvalue weighted by molar-refractivity contribution is 0.477. The van der Waals surface area contributed by atoms with E-state index in [1.54, 1.807) is 6.33 Å². The van der Waals surface area contributed by atoms with E-state index in [1.165, 1.54) is 18.4 Å². The summed E-state index contributed by atoms with van der Waals surface area (Å²) >= 11 is 0. The van der Waals surface area contributed by atoms with Gasteiger partial charge in [0.1, 0.15) is 12.2 Å². The first-order valence-corrected chi connectivity index (χ1v) is 9.25. The zero-order chi connectivity index (χ0) is 17.5. The van der Waals surface area contributed by atoms with Crippen molar-refractivity contribution in [2.24, 2.45) is 4.99 Å². The van der Waals surface area contributed by atoms with Gasteiger partial charge >= 0.3 is 0 Å². The quantitative estimate of drug-likeness (QED) is 0.649. The molecule has 0 radical (unpaired) electrons. The maximum absolute atomic E-state index is 4.88. The lowest BCUT2D eigenvalue weighted by atomic mass is 10.1. The molecule has 25 heavy (non-hydrogen) atoms. The van der Waals surface area contributed by atoms with Crippen LogP contribution in [0.4, 0.5) is 0 Å². The number of guanidine groups is 1. The summed E-state index contributed by atoms with van der Waals surface area (Å²) in [6, 6.07) is 10.8. The third-order valence-electron chi connectivity index (χ3n) is 4.67. The summed E-state index contributed by atoms with van der Waals surface area (Å²) in [5, 5.41) is 11.8. The Bertz CT molecular complexity index is 672. The molecule has 2 aromatic rings. The first-order valence-electron chi connectivity index (χ1n) is 9.25. The Morgan fingerprint density at radius 1 is 1.24 bits per heavy atom. The number of likely N-dealkylation sites (tertiary alicyclic amines) is 1. The van der Waals surface area contributed by atoms with Crippen LogP contribution >= 0.6 is 0 Å². The molecule has 0 spiro atoms. The Morgan fingerprint density at radius 3 is 2.72 bits per heavy atom. The zero-order valence-electron chi connectivity index (χ0n) is 15.2. The Kier molecular flexibility index (Phi) is 6.04. The van der Waals surface area contributed by atoms with Crippen LogP contribution in [0.2, 0.25) is 0 Å². The normalized spacial score (nSPS) is 16.2. The lowest BCUT2D eigenvalue weighted by Gasteiger charge is -2.25. The number of nitrogens with one attached hydrogen (secondary N) is 1. The number of rotatable bonds is 6. The van der Waals surface area contributed by atoms with Crippen molar-refractivity contribution < 1.29 is 0 Å². The highest BCUT2D eigenvalue weighted by Crippen LogP contribution is 2.14. The van der Waals surface area contributed by atoms with Gasteiger partial charge in [0, 0.05) is 26.1 Å². The van der Waals surface area contributed by atoms with Crippen LogP contribution in [0.25, 0.3) is 0 Å². The fourth-order valence-corrected chi connectivity index (χ4v) is 3.19. The van der Waals surface area contributed by atoms with Gasteiger partial charge in [-0.05, 0) is 25.3 Å². The lowest BCUT2D eigenvalue weighted by Crippen LogP contribution is -2.41. The predicted octanol–water partition coefficient (Wildman–Crippen LogP) is 2.64. The second-order valence-electron chi connectivity index (χ2n) is 6.47. The summed E-state index contributed by atoms with van der Waals surface area (Å²) in [5.41, 5.74) is 1.28. The third kappa shape index (κ3) is 4.59. The maximum atomic E-state index is 4.88. The molecule has 0 amide bonds. The summed E-state index contributed by atoms with van der Waals surface area (Å²) in [6.07, 6.45) is 5.17. The molecule has 1 aromatic carbocycles. The topological polar surface area (TPSA) is 58.3 Å². The maximum Gasteiger partial charge on any atom is 0.194 e. The predicted molar refractivity (Wildman–Crippen MR) is 101 cm³/mol. The van der Waals surface area contributed by atoms with Crippen LogP contribution in [0.15, 0.2) is 41.7 Å². The minimum absolute atomic E-state index is 0.238. The van der Waals surface area contributed by atoms with Crippen molar-refractivity contribution in [2.75, 3.05) is 19.6 Å². The standard InChI is InChI=1S/C19H28N6/c1-3-18-23-21-15-25(18)14-11-20-19(24-12-7-8-13-24)22-16(2)17-9-5-4-6-10-17/h4-6,9-10,15-16H,3,7-8,11-14H2,1-2H3,(H,20,22). The van der Waals surface area contributed by atoms with Gasteiger partial charge in [-0.15, -0.1) is 10.2 Å². The van der Waals surface area contributed by atoms with Crippen LogP contribution in [0.3, 0.4) is 0 Å². The van der Waals surface area contributed by atoms with Crippen LogP contribution in [-0.2, 0) is 13.0 Å². The molecule has 1 unspecified atom stereocenters. The molecule has 1 aliphatic rings. The SMILES string of the molecule is CCc1nncn1CCN=C(NC(C)c1ccccc1)N1CCCC1. The van der Waals surface area contributed by atoms with E-state index in [0.717, 1.165) is 44.4 Å². The molecule has 6 heteroatoms. The van der Waals surface area contributed by atoms with Gasteiger partial charge < -0.3 is 14.8 Å². The highest BCUT2D eigenvalue weighted by atomic mass is 15.3. The molecular formula is C19H28N6. The van der Waals surface area contributed by atoms with Gasteiger partial charge in [-0.2, -0.15) is 0 Å². The highest BCUT2D eigenvalue weighted by molar-refractivity contribution is 5.80. The van der Waals surface area contributed by atoms with Gasteiger partial charge in [0.25, 0.3) is 0 Å². The van der Waals surface area contributed by atoms with E-state index in [-0.39, 0.29) is 6.04 Å². The molecule has 2 heterocycles. The second kappa shape index (κ2) is 8.65. The molecule has 1 atom stereocenters. The summed E-state index contributed by atoms with van der Waals surface area (Å²) in [6.45, 7) is 8.00. The van der Waals surface area contributed by atoms with Crippen molar-refractivity contribution in [2.45, 2.75) is 45.7 Å². The molecule has 0 aliphatic carbocycles. The molecule has 1 fully saturated rings. The van der Waals surface area contributed by atoms with Crippen molar-refractivity contribution in [1.82, 2.24) is 25.0 Å². The van der Waals surface area contributed by atoms with Gasteiger partial charge in [0.15, 0.2) is 5.96 Å². The van der Waals surface area contributed by atoms with E-state index < -0.39 is 0 Å². The van der Waals surface area contributed by atoms with Crippen molar-refractivity contribution in [3.63, 3.8) is 0 Å². The van der Waals surface area contributed by atoms with E-state index in [9.17, 15) is 0 Å². The molecule has 1 saturated heterocycles. The molecule has 0 bridgehead atoms. The van der Waals surface area contributed by atoms with Crippen LogP contribution in [-0.4, -0.2) is 45.3 Å². The first-order chi connectivity index (χ1) is 12.3. The highest BCUT2D eigenvalue weighted by Gasteiger charge is 2.18. The molecule has 1 aliphatic heterocycles. The smallest absolute Gasteiger partial charge is 0.194 e. The van der Waals surface area contributed by atoms with Gasteiger partial charge in [-0.25, -0.2) is 0 Å². The molecule has 1 aromatic heterocycles. The second-order valence-corrected chi connectivity index (χ2v) is 6.47. The zero-order valence-corrected chi connectivity index (χ0v) is 15.2. The van der Waals surface area contributed by atoms with Crippen molar-refractivity contribution in [3.05, 3.63) is 48.0 Å². The van der Waals surface area contributed by atoms with Gasteiger partial charge in [0.2, 0.25) is 0 Å². The summed E-state index contributed by atoms with van der Waals surface area (Å²) in [7, 11) is 0. The molecule has 1 N–H and O–H groups in total. The van der Waals surface area contributed by atoms with E-state index in [4.69, 9.17) is 4.99 Å². The van der Waals surface area contributed by atoms with Crippen LogP contribution < -0.4 is 5.32 Å². The molecule has 6 nitrogen and oxygen atoms in total. The summed E-state index contributed by atoms with van der Waals surface area (Å²) < 4.78 is 2.09. The van der Waals surface area contributed by atoms with Crippen molar-refractivity contribution >= 4 is 5.96 Å². The average molecular weight is 340 g/mol. The van der Waals surface area contributed by atoms with E-state index in [1.807, 2.05) is 0 Å². The molecule has 3 rings (SSSR count). The van der Waals surface area contributed by atoms with Crippen LogP contribution in [0.1, 0.15) is 44.1 Å². The van der Waals surface area contributed by atoms with Gasteiger partial charge in [-0.3, -0.25) is 4.99 Å². The van der Waals surface area contributed by atoms with Crippen LogP contribution in [0.5, 0.6) is 0 Å². The Hall–Kier alpha value is -2.37. The van der Waals surface area contributed by atoms with Crippen LogP contribution in [0, 0.1) is 0 Å². The number of nitrogens with zero attached hydrogens (tertiary/aromatic N) is 5. The van der Waals surface area contributed by atoms with Crippen molar-refractivity contribution in [1.29, 1.82) is 0 Å². The van der Waals surface area contributed by atoms with Crippen molar-refractivity contribution in [3.8, 4) is 0 Å². The molecule has 134 valence electrons. The number of aromatic nitrogens is 3. The first kappa shape index (κ1) is 17.5. The summed E-state index contributed by atoms with van der Waals surface area (Å²) in [5.74, 6) is 2.03. The Labute approximate surface area is 150 Å². The number of aliphatic imine (C=N–C) groups is 1. The van der Waals surface area contributed by atoms with E-state index >= 15 is 0 Å². The Morgan fingerprint density at radius 2 is 2.00 bits per heavy atom. The number of hydrogen-bond donors (Lipinski definition) is 1. The fraction of sp³-hybridized carbons (Fsp3) is 0.526. The van der Waals surface area contributed by atoms with Gasteiger partial charge in [-0.1, -0.05) is 37.3 Å². The summed E-state index contributed by atoms with van der Waals surface area (Å²) in [4.78, 5) is 7.24. The number of hydrogen-bond acceptors (Lipinski definition) is 3. The largest absolute Gasteiger partial charge is 0.350 e.